The van der Waals surface area contributed by atoms with Gasteiger partial charge in [-0.2, -0.15) is 0 Å². The largest absolute Gasteiger partial charge is 0.508 e. The molecule has 0 aromatic heterocycles. The van der Waals surface area contributed by atoms with Gasteiger partial charge in [0.2, 0.25) is 5.91 Å². The number of methoxy groups -OCH3 is 2. The number of carbonyl (C=O) groups excluding carboxylic acids is 1. The molecule has 2 aromatic carbocycles. The highest BCUT2D eigenvalue weighted by Crippen LogP contribution is 2.45. The highest BCUT2D eigenvalue weighted by molar-refractivity contribution is 5.76. The fourth-order valence-electron chi connectivity index (χ4n) is 6.63. The monoisotopic (exact) mass is 566 g/mol. The molecule has 1 aliphatic carbocycles. The molecule has 1 heterocycles. The summed E-state index contributed by atoms with van der Waals surface area (Å²) in [5.74, 6) is 0.493. The van der Waals surface area contributed by atoms with E-state index >= 15 is 0 Å². The molecule has 1 aliphatic heterocycles. The van der Waals surface area contributed by atoms with E-state index in [1.807, 2.05) is 17.0 Å². The maximum Gasteiger partial charge on any atom is 0.225 e. The van der Waals surface area contributed by atoms with Gasteiger partial charge in [0, 0.05) is 37.8 Å². The van der Waals surface area contributed by atoms with E-state index < -0.39 is 6.29 Å². The summed E-state index contributed by atoms with van der Waals surface area (Å²) >= 11 is 0. The van der Waals surface area contributed by atoms with Gasteiger partial charge in [-0.1, -0.05) is 61.7 Å². The first-order valence-electron chi connectivity index (χ1n) is 15.5. The normalized spacial score (nSPS) is 18.0. The predicted octanol–water partition coefficient (Wildman–Crippen LogP) is 5.52. The molecule has 41 heavy (non-hydrogen) atoms. The van der Waals surface area contributed by atoms with E-state index in [-0.39, 0.29) is 17.4 Å². The Morgan fingerprint density at radius 3 is 2.41 bits per heavy atom. The molecule has 7 nitrogen and oxygen atoms in total. The Labute approximate surface area is 246 Å². The van der Waals surface area contributed by atoms with Crippen LogP contribution in [0.15, 0.2) is 48.5 Å². The van der Waals surface area contributed by atoms with Crippen LogP contribution in [-0.4, -0.2) is 87.3 Å². The van der Waals surface area contributed by atoms with Gasteiger partial charge in [-0.25, -0.2) is 0 Å². The van der Waals surface area contributed by atoms with Crippen molar-refractivity contribution in [3.05, 3.63) is 65.2 Å². The Bertz CT molecular complexity index is 1060. The second-order valence-corrected chi connectivity index (χ2v) is 11.8. The first-order valence-corrected chi connectivity index (χ1v) is 15.5. The predicted molar refractivity (Wildman–Crippen MR) is 162 cm³/mol. The van der Waals surface area contributed by atoms with Crippen LogP contribution in [0.5, 0.6) is 5.75 Å². The summed E-state index contributed by atoms with van der Waals surface area (Å²) in [5.41, 5.74) is 3.34. The molecule has 4 rings (SSSR count). The van der Waals surface area contributed by atoms with Crippen molar-refractivity contribution in [3.63, 3.8) is 0 Å². The number of hydrogen-bond acceptors (Lipinski definition) is 6. The van der Waals surface area contributed by atoms with E-state index in [2.05, 4.69) is 48.3 Å². The molecule has 226 valence electrons. The second kappa shape index (κ2) is 15.7. The molecule has 0 atom stereocenters. The average molecular weight is 567 g/mol. The number of piperidine rings is 1. The van der Waals surface area contributed by atoms with Gasteiger partial charge < -0.3 is 29.1 Å². The van der Waals surface area contributed by atoms with Gasteiger partial charge in [-0.3, -0.25) is 4.79 Å². The zero-order chi connectivity index (χ0) is 29.1. The van der Waals surface area contributed by atoms with E-state index in [0.29, 0.717) is 31.9 Å². The topological polar surface area (TPSA) is 71.5 Å². The molecular weight excluding hydrogens is 516 g/mol. The van der Waals surface area contributed by atoms with Crippen molar-refractivity contribution in [1.29, 1.82) is 0 Å². The lowest BCUT2D eigenvalue weighted by Crippen LogP contribution is -2.46. The number of rotatable bonds is 14. The van der Waals surface area contributed by atoms with Crippen molar-refractivity contribution >= 4 is 5.91 Å². The van der Waals surface area contributed by atoms with Gasteiger partial charge in [0.25, 0.3) is 0 Å². The van der Waals surface area contributed by atoms with Crippen LogP contribution in [0.25, 0.3) is 0 Å². The first-order chi connectivity index (χ1) is 20.0. The maximum atomic E-state index is 13.2. The van der Waals surface area contributed by atoms with Crippen molar-refractivity contribution in [2.24, 2.45) is 0 Å². The number of aryl methyl sites for hydroxylation is 1. The fraction of sp³-hybridized carbons (Fsp3) is 0.618. The van der Waals surface area contributed by atoms with Crippen molar-refractivity contribution in [3.8, 4) is 5.75 Å². The Morgan fingerprint density at radius 2 is 1.73 bits per heavy atom. The second-order valence-electron chi connectivity index (χ2n) is 11.8. The molecule has 1 saturated carbocycles. The number of ether oxygens (including phenoxy) is 3. The molecule has 2 aromatic rings. The van der Waals surface area contributed by atoms with Crippen molar-refractivity contribution in [2.45, 2.75) is 82.0 Å². The number of hydrogen-bond donors (Lipinski definition) is 1. The number of aromatic hydroxyl groups is 1. The van der Waals surface area contributed by atoms with Gasteiger partial charge in [-0.05, 0) is 75.9 Å². The Kier molecular flexibility index (Phi) is 12.0. The third-order valence-corrected chi connectivity index (χ3v) is 9.17. The lowest BCUT2D eigenvalue weighted by atomic mass is 9.67. The van der Waals surface area contributed by atoms with Crippen molar-refractivity contribution in [1.82, 2.24) is 9.80 Å². The highest BCUT2D eigenvalue weighted by Gasteiger charge is 2.39. The number of benzene rings is 2. The number of carbonyl (C=O) groups is 1. The van der Waals surface area contributed by atoms with Gasteiger partial charge in [0.15, 0.2) is 6.29 Å². The summed E-state index contributed by atoms with van der Waals surface area (Å²) in [6.45, 7) is 3.47. The average Bonchev–Trinajstić information content (AvgIpc) is 3.01. The fourth-order valence-corrected chi connectivity index (χ4v) is 6.63. The summed E-state index contributed by atoms with van der Waals surface area (Å²) in [7, 11) is 5.41. The summed E-state index contributed by atoms with van der Waals surface area (Å²) in [4.78, 5) is 17.5. The molecule has 0 bridgehead atoms. The number of likely N-dealkylation sites (tertiary alicyclic amines) is 1. The van der Waals surface area contributed by atoms with Crippen LogP contribution in [-0.2, 0) is 30.8 Å². The van der Waals surface area contributed by atoms with Crippen LogP contribution < -0.4 is 0 Å². The number of phenols is 1. The number of phenolic OH excluding ortho intramolecular Hbond substituents is 1. The quantitative estimate of drug-likeness (QED) is 0.240. The van der Waals surface area contributed by atoms with Gasteiger partial charge in [-0.15, -0.1) is 0 Å². The third-order valence-electron chi connectivity index (χ3n) is 9.17. The lowest BCUT2D eigenvalue weighted by Gasteiger charge is -2.42. The summed E-state index contributed by atoms with van der Waals surface area (Å²) in [5, 5.41) is 11.0. The summed E-state index contributed by atoms with van der Waals surface area (Å²) < 4.78 is 16.7. The summed E-state index contributed by atoms with van der Waals surface area (Å²) in [6.07, 6.45) is 9.31. The van der Waals surface area contributed by atoms with Gasteiger partial charge in [0.1, 0.15) is 5.75 Å². The number of amides is 1. The lowest BCUT2D eigenvalue weighted by molar-refractivity contribution is -0.151. The molecular formula is C34H50N2O5. The minimum Gasteiger partial charge on any atom is -0.508 e. The zero-order valence-corrected chi connectivity index (χ0v) is 25.4. The Morgan fingerprint density at radius 1 is 1.02 bits per heavy atom. The smallest absolute Gasteiger partial charge is 0.225 e. The standard InChI is InChI=1S/C34H50N2O5/c1-35-21-19-34(20-22-35,28-12-6-4-7-13-28)30-25-27(16-17-31(30)37)11-10-23-41-24-18-32(38)36(26-33(39-2)40-3)29-14-8-5-9-15-29/h4,6-7,12-13,16-17,25,29,33,37H,5,8-11,14-15,18-24,26H2,1-3H3. The highest BCUT2D eigenvalue weighted by atomic mass is 16.7. The maximum absolute atomic E-state index is 13.2. The van der Waals surface area contributed by atoms with Crippen molar-refractivity contribution in [2.75, 3.05) is 54.1 Å². The van der Waals surface area contributed by atoms with E-state index in [4.69, 9.17) is 14.2 Å². The minimum atomic E-state index is -0.410. The zero-order valence-electron chi connectivity index (χ0n) is 25.4. The van der Waals surface area contributed by atoms with Gasteiger partial charge in [0.05, 0.1) is 19.6 Å². The molecule has 7 heteroatoms. The van der Waals surface area contributed by atoms with Gasteiger partial charge >= 0.3 is 0 Å². The van der Waals surface area contributed by atoms with E-state index in [9.17, 15) is 9.90 Å². The molecule has 0 unspecified atom stereocenters. The van der Waals surface area contributed by atoms with Crippen molar-refractivity contribution < 1.29 is 24.1 Å². The summed E-state index contributed by atoms with van der Waals surface area (Å²) in [6, 6.07) is 17.0. The van der Waals surface area contributed by atoms with Crippen LogP contribution in [0.1, 0.15) is 74.5 Å². The van der Waals surface area contributed by atoms with Crippen LogP contribution in [0, 0.1) is 0 Å². The molecule has 0 radical (unpaired) electrons. The van der Waals surface area contributed by atoms with Crippen LogP contribution >= 0.6 is 0 Å². The minimum absolute atomic E-state index is 0.114. The van der Waals surface area contributed by atoms with E-state index in [0.717, 1.165) is 70.0 Å². The third kappa shape index (κ3) is 8.31. The Hall–Kier alpha value is -2.45. The molecule has 1 N–H and O–H groups in total. The number of nitrogens with zero attached hydrogens (tertiary/aromatic N) is 2. The van der Waals surface area contributed by atoms with Crippen LogP contribution in [0.2, 0.25) is 0 Å². The Balaban J connectivity index is 1.30. The SMILES string of the molecule is COC(CN(C(=O)CCOCCCc1ccc(O)c(C2(c3ccccc3)CCN(C)CC2)c1)C1CCCCC1)OC. The van der Waals surface area contributed by atoms with E-state index in [1.165, 1.54) is 17.5 Å². The molecule has 2 fully saturated rings. The molecule has 1 amide bonds. The van der Waals surface area contributed by atoms with E-state index in [1.54, 1.807) is 14.2 Å². The van der Waals surface area contributed by atoms with Crippen LogP contribution in [0.4, 0.5) is 0 Å². The molecule has 2 aliphatic rings. The van der Waals surface area contributed by atoms with Crippen LogP contribution in [0.3, 0.4) is 0 Å². The molecule has 0 spiro atoms. The first kappa shape index (κ1) is 31.5. The molecule has 1 saturated heterocycles.